The number of nitrogens with one attached hydrogen (secondary N) is 1. The molecular formula is C15H21NO4. The third kappa shape index (κ3) is 3.95. The molecular weight excluding hydrogens is 258 g/mol. The molecule has 5 nitrogen and oxygen atoms in total. The molecule has 0 amide bonds. The average Bonchev–Trinajstić information content (AvgIpc) is 2.90. The molecule has 1 heterocycles. The van der Waals surface area contributed by atoms with Crippen LogP contribution in [0.15, 0.2) is 24.3 Å². The highest BCUT2D eigenvalue weighted by Crippen LogP contribution is 2.31. The molecule has 1 N–H and O–H groups in total. The molecule has 0 fully saturated rings. The van der Waals surface area contributed by atoms with Gasteiger partial charge in [0.25, 0.3) is 0 Å². The fourth-order valence-electron chi connectivity index (χ4n) is 2.17. The fraction of sp³-hybridized carbons (Fsp3) is 0.533. The number of anilines is 1. The van der Waals surface area contributed by atoms with Gasteiger partial charge in [0.15, 0.2) is 0 Å². The first-order valence-electron chi connectivity index (χ1n) is 6.89. The molecule has 0 bridgehead atoms. The average molecular weight is 279 g/mol. The van der Waals surface area contributed by atoms with E-state index in [9.17, 15) is 4.79 Å². The van der Waals surface area contributed by atoms with E-state index in [4.69, 9.17) is 14.2 Å². The smallest absolute Gasteiger partial charge is 0.315 e. The van der Waals surface area contributed by atoms with Gasteiger partial charge in [0.2, 0.25) is 0 Å². The summed E-state index contributed by atoms with van der Waals surface area (Å²) in [7, 11) is 1.64. The molecule has 0 saturated carbocycles. The topological polar surface area (TPSA) is 56.8 Å². The summed E-state index contributed by atoms with van der Waals surface area (Å²) in [6.45, 7) is 2.75. The van der Waals surface area contributed by atoms with Crippen LogP contribution in [0.25, 0.3) is 0 Å². The van der Waals surface area contributed by atoms with Crippen molar-refractivity contribution in [2.75, 3.05) is 45.4 Å². The number of para-hydroxylation sites is 1. The minimum absolute atomic E-state index is 0.167. The quantitative estimate of drug-likeness (QED) is 0.581. The number of ether oxygens (including phenoxy) is 3. The van der Waals surface area contributed by atoms with Gasteiger partial charge in [-0.25, -0.2) is 0 Å². The van der Waals surface area contributed by atoms with Crippen LogP contribution in [0, 0.1) is 0 Å². The van der Waals surface area contributed by atoms with Gasteiger partial charge in [0.1, 0.15) is 5.92 Å². The maximum Gasteiger partial charge on any atom is 0.315 e. The summed E-state index contributed by atoms with van der Waals surface area (Å²) in [5.41, 5.74) is 2.05. The molecule has 1 atom stereocenters. The predicted molar refractivity (Wildman–Crippen MR) is 75.9 cm³/mol. The van der Waals surface area contributed by atoms with Gasteiger partial charge in [-0.15, -0.1) is 0 Å². The number of carbonyl (C=O) groups excluding carboxylic acids is 1. The monoisotopic (exact) mass is 279 g/mol. The minimum atomic E-state index is -0.194. The Labute approximate surface area is 119 Å². The lowest BCUT2D eigenvalue weighted by Crippen LogP contribution is -2.18. The van der Waals surface area contributed by atoms with Crippen LogP contribution in [-0.2, 0) is 19.0 Å². The number of hydrogen-bond acceptors (Lipinski definition) is 5. The van der Waals surface area contributed by atoms with E-state index in [2.05, 4.69) is 5.32 Å². The lowest BCUT2D eigenvalue weighted by atomic mass is 10.0. The maximum absolute atomic E-state index is 12.0. The van der Waals surface area contributed by atoms with Crippen molar-refractivity contribution in [1.82, 2.24) is 0 Å². The Bertz CT molecular complexity index is 436. The van der Waals surface area contributed by atoms with E-state index in [0.717, 1.165) is 11.3 Å². The highest BCUT2D eigenvalue weighted by atomic mass is 16.5. The van der Waals surface area contributed by atoms with E-state index in [1.54, 1.807) is 7.11 Å². The first kappa shape index (κ1) is 14.8. The lowest BCUT2D eigenvalue weighted by Gasteiger charge is -2.10. The van der Waals surface area contributed by atoms with Gasteiger partial charge in [0.05, 0.1) is 19.8 Å². The highest BCUT2D eigenvalue weighted by Gasteiger charge is 2.29. The molecule has 1 aromatic carbocycles. The molecule has 1 aromatic rings. The second-order valence-corrected chi connectivity index (χ2v) is 4.65. The predicted octanol–water partition coefficient (Wildman–Crippen LogP) is 1.79. The number of fused-ring (bicyclic) bond motifs is 1. The first-order valence-corrected chi connectivity index (χ1v) is 6.89. The first-order chi connectivity index (χ1) is 9.83. The van der Waals surface area contributed by atoms with E-state index in [1.807, 2.05) is 24.3 Å². The van der Waals surface area contributed by atoms with Crippen LogP contribution in [-0.4, -0.2) is 46.1 Å². The molecule has 0 saturated heterocycles. The van der Waals surface area contributed by atoms with Crippen LogP contribution in [0.4, 0.5) is 5.69 Å². The van der Waals surface area contributed by atoms with Gasteiger partial charge in [-0.1, -0.05) is 18.2 Å². The number of hydrogen-bond donors (Lipinski definition) is 1. The maximum atomic E-state index is 12.0. The summed E-state index contributed by atoms with van der Waals surface area (Å²) < 4.78 is 15.5. The van der Waals surface area contributed by atoms with Crippen molar-refractivity contribution in [1.29, 1.82) is 0 Å². The molecule has 5 heteroatoms. The molecule has 0 spiro atoms. The third-order valence-electron chi connectivity index (χ3n) is 3.23. The van der Waals surface area contributed by atoms with Crippen molar-refractivity contribution >= 4 is 11.7 Å². The normalized spacial score (nSPS) is 16.6. The van der Waals surface area contributed by atoms with Crippen LogP contribution in [0.1, 0.15) is 17.9 Å². The van der Waals surface area contributed by atoms with Crippen LogP contribution in [0.3, 0.4) is 0 Å². The van der Waals surface area contributed by atoms with Crippen molar-refractivity contribution in [3.63, 3.8) is 0 Å². The Hall–Kier alpha value is -1.59. The minimum Gasteiger partial charge on any atom is -0.465 e. The SMILES string of the molecule is COCCOCCCOC(=O)C1CNc2ccccc21. The number of methoxy groups -OCH3 is 1. The zero-order valence-corrected chi connectivity index (χ0v) is 11.8. The molecule has 1 aliphatic heterocycles. The van der Waals surface area contributed by atoms with Gasteiger partial charge in [0, 0.05) is 32.4 Å². The van der Waals surface area contributed by atoms with Crippen molar-refractivity contribution in [2.24, 2.45) is 0 Å². The Balaban J connectivity index is 1.66. The van der Waals surface area contributed by atoms with E-state index in [-0.39, 0.29) is 11.9 Å². The number of carbonyl (C=O) groups is 1. The molecule has 2 rings (SSSR count). The van der Waals surface area contributed by atoms with Crippen molar-refractivity contribution in [2.45, 2.75) is 12.3 Å². The Morgan fingerprint density at radius 1 is 1.25 bits per heavy atom. The van der Waals surface area contributed by atoms with Gasteiger partial charge >= 0.3 is 5.97 Å². The Morgan fingerprint density at radius 2 is 2.10 bits per heavy atom. The van der Waals surface area contributed by atoms with E-state index in [0.29, 0.717) is 39.4 Å². The van der Waals surface area contributed by atoms with Crippen LogP contribution in [0.5, 0.6) is 0 Å². The largest absolute Gasteiger partial charge is 0.465 e. The summed E-state index contributed by atoms with van der Waals surface area (Å²) in [5, 5.41) is 3.22. The zero-order chi connectivity index (χ0) is 14.2. The second-order valence-electron chi connectivity index (χ2n) is 4.65. The molecule has 110 valence electrons. The standard InChI is InChI=1S/C15H21NO4/c1-18-9-10-19-7-4-8-20-15(17)13-11-16-14-6-3-2-5-12(13)14/h2-3,5-6,13,16H,4,7-11H2,1H3. The van der Waals surface area contributed by atoms with Crippen molar-refractivity contribution < 1.29 is 19.0 Å². The summed E-state index contributed by atoms with van der Waals surface area (Å²) >= 11 is 0. The summed E-state index contributed by atoms with van der Waals surface area (Å²) in [6.07, 6.45) is 0.706. The van der Waals surface area contributed by atoms with E-state index < -0.39 is 0 Å². The van der Waals surface area contributed by atoms with Crippen LogP contribution < -0.4 is 5.32 Å². The van der Waals surface area contributed by atoms with Crippen LogP contribution in [0.2, 0.25) is 0 Å². The van der Waals surface area contributed by atoms with Gasteiger partial charge in [-0.3, -0.25) is 4.79 Å². The lowest BCUT2D eigenvalue weighted by molar-refractivity contribution is -0.145. The van der Waals surface area contributed by atoms with E-state index in [1.165, 1.54) is 0 Å². The second kappa shape index (κ2) is 7.87. The molecule has 0 aromatic heterocycles. The summed E-state index contributed by atoms with van der Waals surface area (Å²) in [6, 6.07) is 7.84. The summed E-state index contributed by atoms with van der Waals surface area (Å²) in [4.78, 5) is 12.0. The molecule has 1 unspecified atom stereocenters. The highest BCUT2D eigenvalue weighted by molar-refractivity contribution is 5.83. The molecule has 0 aliphatic carbocycles. The van der Waals surface area contributed by atoms with Crippen LogP contribution >= 0.6 is 0 Å². The summed E-state index contributed by atoms with van der Waals surface area (Å²) in [5.74, 6) is -0.361. The van der Waals surface area contributed by atoms with E-state index >= 15 is 0 Å². The van der Waals surface area contributed by atoms with Crippen molar-refractivity contribution in [3.8, 4) is 0 Å². The Morgan fingerprint density at radius 3 is 2.95 bits per heavy atom. The number of esters is 1. The van der Waals surface area contributed by atoms with Gasteiger partial charge < -0.3 is 19.5 Å². The molecule has 1 aliphatic rings. The number of benzene rings is 1. The van der Waals surface area contributed by atoms with Crippen molar-refractivity contribution in [3.05, 3.63) is 29.8 Å². The zero-order valence-electron chi connectivity index (χ0n) is 11.8. The third-order valence-corrected chi connectivity index (χ3v) is 3.23. The van der Waals surface area contributed by atoms with Gasteiger partial charge in [-0.05, 0) is 11.6 Å². The molecule has 0 radical (unpaired) electrons. The number of rotatable bonds is 8. The Kier molecular flexibility index (Phi) is 5.83. The fourth-order valence-corrected chi connectivity index (χ4v) is 2.17. The van der Waals surface area contributed by atoms with Gasteiger partial charge in [-0.2, -0.15) is 0 Å². The molecule has 20 heavy (non-hydrogen) atoms.